The van der Waals surface area contributed by atoms with Gasteiger partial charge in [0.2, 0.25) is 0 Å². The first-order valence-electron chi connectivity index (χ1n) is 4.93. The molecule has 3 heterocycles. The van der Waals surface area contributed by atoms with Gasteiger partial charge in [-0.2, -0.15) is 0 Å². The van der Waals surface area contributed by atoms with E-state index in [0.717, 1.165) is 17.1 Å². The Hall–Kier alpha value is -0.130. The maximum atomic E-state index is 4.49. The number of nitrogens with zero attached hydrogens (tertiary/aromatic N) is 2. The summed E-state index contributed by atoms with van der Waals surface area (Å²) in [6.07, 6.45) is 1.31. The number of nitrogens with one attached hydrogen (secondary N) is 1. The van der Waals surface area contributed by atoms with Gasteiger partial charge in [-0.3, -0.25) is 0 Å². The summed E-state index contributed by atoms with van der Waals surface area (Å²) >= 11 is 5.14. The van der Waals surface area contributed by atoms with E-state index in [-0.39, 0.29) is 0 Å². The van der Waals surface area contributed by atoms with Crippen molar-refractivity contribution in [3.63, 3.8) is 0 Å². The summed E-state index contributed by atoms with van der Waals surface area (Å²) in [5, 5.41) is 6.69. The Morgan fingerprint density at radius 2 is 2.50 bits per heavy atom. The molecule has 0 unspecified atom stereocenters. The number of hydrogen-bond donors (Lipinski definition) is 1. The van der Waals surface area contributed by atoms with Crippen molar-refractivity contribution >= 4 is 32.4 Å². The zero-order valence-corrected chi connectivity index (χ0v) is 10.1. The van der Waals surface area contributed by atoms with Crippen LogP contribution in [0.1, 0.15) is 6.42 Å². The van der Waals surface area contributed by atoms with Crippen molar-refractivity contribution in [3.05, 3.63) is 9.98 Å². The highest BCUT2D eigenvalue weighted by molar-refractivity contribution is 9.10. The van der Waals surface area contributed by atoms with Crippen LogP contribution in [0.25, 0.3) is 0 Å². The molecule has 0 aliphatic carbocycles. The Morgan fingerprint density at radius 3 is 3.29 bits per heavy atom. The summed E-state index contributed by atoms with van der Waals surface area (Å²) in [5.74, 6) is 0.845. The normalized spacial score (nSPS) is 31.1. The van der Waals surface area contributed by atoms with E-state index in [2.05, 4.69) is 36.5 Å². The average Bonchev–Trinajstić information content (AvgIpc) is 2.77. The topological polar surface area (TPSA) is 28.2 Å². The molecule has 0 amide bonds. The minimum absolute atomic E-state index is 0.688. The van der Waals surface area contributed by atoms with Crippen LogP contribution in [0.2, 0.25) is 0 Å². The molecule has 0 spiro atoms. The van der Waals surface area contributed by atoms with E-state index in [4.69, 9.17) is 0 Å². The van der Waals surface area contributed by atoms with E-state index < -0.39 is 0 Å². The minimum atomic E-state index is 0.688. The largest absolute Gasteiger partial charge is 0.343 e. The van der Waals surface area contributed by atoms with Gasteiger partial charge in [-0.25, -0.2) is 4.98 Å². The molecule has 5 heteroatoms. The quantitative estimate of drug-likeness (QED) is 0.845. The van der Waals surface area contributed by atoms with Crippen molar-refractivity contribution in [3.8, 4) is 0 Å². The zero-order valence-electron chi connectivity index (χ0n) is 7.74. The number of fused-ring (bicyclic) bond motifs is 1. The smallest absolute Gasteiger partial charge is 0.186 e. The molecule has 2 saturated heterocycles. The summed E-state index contributed by atoms with van der Waals surface area (Å²) in [7, 11) is 0. The molecule has 2 fully saturated rings. The Kier molecular flexibility index (Phi) is 2.26. The minimum Gasteiger partial charge on any atom is -0.343 e. The lowest BCUT2D eigenvalue weighted by Crippen LogP contribution is -2.33. The lowest BCUT2D eigenvalue weighted by atomic mass is 10.1. The molecule has 2 aliphatic rings. The molecule has 3 rings (SSSR count). The highest BCUT2D eigenvalue weighted by Crippen LogP contribution is 2.34. The Morgan fingerprint density at radius 1 is 1.57 bits per heavy atom. The van der Waals surface area contributed by atoms with Crippen LogP contribution < -0.4 is 10.2 Å². The Labute approximate surface area is 95.6 Å². The van der Waals surface area contributed by atoms with Crippen molar-refractivity contribution < 1.29 is 0 Å². The predicted molar refractivity (Wildman–Crippen MR) is 61.9 cm³/mol. The van der Waals surface area contributed by atoms with Crippen LogP contribution in [0.4, 0.5) is 5.13 Å². The number of aromatic nitrogens is 1. The number of hydrogen-bond acceptors (Lipinski definition) is 4. The third-order valence-corrected chi connectivity index (χ3v) is 4.74. The third-order valence-electron chi connectivity index (χ3n) is 3.16. The summed E-state index contributed by atoms with van der Waals surface area (Å²) < 4.78 is 0.965. The van der Waals surface area contributed by atoms with Crippen molar-refractivity contribution in [2.45, 2.75) is 12.5 Å². The molecule has 3 nitrogen and oxygen atoms in total. The first kappa shape index (κ1) is 9.12. The molecule has 1 N–H and O–H groups in total. The van der Waals surface area contributed by atoms with Gasteiger partial charge in [0.25, 0.3) is 0 Å². The molecule has 1 aromatic rings. The fraction of sp³-hybridized carbons (Fsp3) is 0.667. The van der Waals surface area contributed by atoms with Crippen LogP contribution in [0, 0.1) is 5.92 Å². The standard InChI is InChI=1S/C9H12BrN3S/c10-8-5-14-9(12-8)13-2-1-6-3-11-4-7(6)13/h5-7,11H,1-4H2/t6-,7+/m1/s1. The monoisotopic (exact) mass is 273 g/mol. The van der Waals surface area contributed by atoms with Crippen LogP contribution in [0.15, 0.2) is 9.98 Å². The van der Waals surface area contributed by atoms with Crippen LogP contribution in [-0.4, -0.2) is 30.7 Å². The lowest BCUT2D eigenvalue weighted by Gasteiger charge is -2.22. The van der Waals surface area contributed by atoms with Gasteiger partial charge in [0.1, 0.15) is 4.60 Å². The second-order valence-electron chi connectivity index (χ2n) is 3.92. The molecule has 76 valence electrons. The Balaban J connectivity index is 1.85. The first-order chi connectivity index (χ1) is 6.84. The van der Waals surface area contributed by atoms with Gasteiger partial charge in [-0.1, -0.05) is 0 Å². The van der Waals surface area contributed by atoms with Crippen LogP contribution in [0.3, 0.4) is 0 Å². The van der Waals surface area contributed by atoms with E-state index >= 15 is 0 Å². The first-order valence-corrected chi connectivity index (χ1v) is 6.60. The maximum Gasteiger partial charge on any atom is 0.186 e. The molecular weight excluding hydrogens is 262 g/mol. The SMILES string of the molecule is Brc1csc(N2CC[C@@H]3CNC[C@@H]32)n1. The number of thiazole rings is 1. The van der Waals surface area contributed by atoms with Crippen LogP contribution in [-0.2, 0) is 0 Å². The molecule has 1 aromatic heterocycles. The molecule has 0 radical (unpaired) electrons. The molecular formula is C9H12BrN3S. The number of rotatable bonds is 1. The summed E-state index contributed by atoms with van der Waals surface area (Å²) in [4.78, 5) is 6.94. The zero-order chi connectivity index (χ0) is 9.54. The summed E-state index contributed by atoms with van der Waals surface area (Å²) in [5.41, 5.74) is 0. The second kappa shape index (κ2) is 3.47. The van der Waals surface area contributed by atoms with E-state index in [1.165, 1.54) is 24.6 Å². The van der Waals surface area contributed by atoms with Gasteiger partial charge < -0.3 is 10.2 Å². The van der Waals surface area contributed by atoms with E-state index in [1.54, 1.807) is 11.3 Å². The second-order valence-corrected chi connectivity index (χ2v) is 5.57. The van der Waals surface area contributed by atoms with Crippen LogP contribution >= 0.6 is 27.3 Å². The van der Waals surface area contributed by atoms with Crippen molar-refractivity contribution in [2.24, 2.45) is 5.92 Å². The fourth-order valence-corrected chi connectivity index (χ4v) is 3.80. The van der Waals surface area contributed by atoms with Gasteiger partial charge in [-0.05, 0) is 28.3 Å². The van der Waals surface area contributed by atoms with Crippen molar-refractivity contribution in [2.75, 3.05) is 24.5 Å². The highest BCUT2D eigenvalue weighted by atomic mass is 79.9. The summed E-state index contributed by atoms with van der Waals surface area (Å²) in [6.45, 7) is 3.49. The van der Waals surface area contributed by atoms with E-state index in [1.807, 2.05) is 0 Å². The lowest BCUT2D eigenvalue weighted by molar-refractivity contribution is 0.578. The molecule has 0 saturated carbocycles. The van der Waals surface area contributed by atoms with E-state index in [9.17, 15) is 0 Å². The number of anilines is 1. The van der Waals surface area contributed by atoms with Gasteiger partial charge in [0, 0.05) is 31.1 Å². The van der Waals surface area contributed by atoms with Crippen molar-refractivity contribution in [1.82, 2.24) is 10.3 Å². The molecule has 2 atom stereocenters. The predicted octanol–water partition coefficient (Wildman–Crippen LogP) is 1.70. The number of halogens is 1. The van der Waals surface area contributed by atoms with Crippen LogP contribution in [0.5, 0.6) is 0 Å². The van der Waals surface area contributed by atoms with Gasteiger partial charge >= 0.3 is 0 Å². The molecule has 14 heavy (non-hydrogen) atoms. The molecule has 0 bridgehead atoms. The molecule has 2 aliphatic heterocycles. The van der Waals surface area contributed by atoms with E-state index in [0.29, 0.717) is 6.04 Å². The van der Waals surface area contributed by atoms with Gasteiger partial charge in [0.15, 0.2) is 5.13 Å². The maximum absolute atomic E-state index is 4.49. The van der Waals surface area contributed by atoms with Gasteiger partial charge in [0.05, 0.1) is 0 Å². The average molecular weight is 274 g/mol. The fourth-order valence-electron chi connectivity index (χ4n) is 2.46. The highest BCUT2D eigenvalue weighted by Gasteiger charge is 2.38. The van der Waals surface area contributed by atoms with Crippen molar-refractivity contribution in [1.29, 1.82) is 0 Å². The molecule has 0 aromatic carbocycles. The third kappa shape index (κ3) is 1.38. The summed E-state index contributed by atoms with van der Waals surface area (Å²) in [6, 6.07) is 0.688. The van der Waals surface area contributed by atoms with Gasteiger partial charge in [-0.15, -0.1) is 11.3 Å². The Bertz CT molecular complexity index is 341.